The molecular weight excluding hydrogens is 270 g/mol. The third-order valence-corrected chi connectivity index (χ3v) is 5.16. The van der Waals surface area contributed by atoms with Crippen molar-refractivity contribution in [3.63, 3.8) is 0 Å². The van der Waals surface area contributed by atoms with Gasteiger partial charge in [-0.2, -0.15) is 0 Å². The van der Waals surface area contributed by atoms with E-state index >= 15 is 0 Å². The van der Waals surface area contributed by atoms with E-state index in [0.717, 1.165) is 17.8 Å². The van der Waals surface area contributed by atoms with Gasteiger partial charge in [0.05, 0.1) is 17.4 Å². The molecule has 0 fully saturated rings. The molecule has 2 rings (SSSR count). The summed E-state index contributed by atoms with van der Waals surface area (Å²) >= 11 is 0. The lowest BCUT2D eigenvalue weighted by Gasteiger charge is -2.45. The normalized spacial score (nSPS) is 22.3. The van der Waals surface area contributed by atoms with E-state index in [1.165, 1.54) is 11.3 Å². The molecule has 0 aliphatic heterocycles. The maximum Gasteiger partial charge on any atom is 0.0705 e. The average molecular weight is 299 g/mol. The van der Waals surface area contributed by atoms with Gasteiger partial charge in [0.1, 0.15) is 0 Å². The summed E-state index contributed by atoms with van der Waals surface area (Å²) in [6, 6.07) is 6.36. The summed E-state index contributed by atoms with van der Waals surface area (Å²) in [5, 5.41) is 0. The number of nitrogens with zero attached hydrogens (tertiary/aromatic N) is 2. The minimum atomic E-state index is 0.0144. The third kappa shape index (κ3) is 2.77. The molecular formula is C19H29N3. The first-order valence-corrected chi connectivity index (χ1v) is 8.13. The number of hydrogen-bond donors (Lipinski definition) is 1. The van der Waals surface area contributed by atoms with Crippen LogP contribution in [0.4, 0.5) is 0 Å². The minimum absolute atomic E-state index is 0.0144. The maximum absolute atomic E-state index is 6.48. The fraction of sp³-hybridized carbons (Fsp3) is 0.526. The van der Waals surface area contributed by atoms with Crippen LogP contribution in [0.1, 0.15) is 52.8 Å². The second-order valence-electron chi connectivity index (χ2n) is 6.91. The Kier molecular flexibility index (Phi) is 4.64. The minimum Gasteiger partial charge on any atom is -0.397 e. The molecule has 0 spiro atoms. The van der Waals surface area contributed by atoms with Crippen LogP contribution in [0.3, 0.4) is 0 Å². The Morgan fingerprint density at radius 3 is 2.59 bits per heavy atom. The Bertz CT molecular complexity index is 584. The summed E-state index contributed by atoms with van der Waals surface area (Å²) in [5.41, 5.74) is 10.9. The molecule has 2 atom stereocenters. The Morgan fingerprint density at radius 2 is 2.05 bits per heavy atom. The Hall–Kier alpha value is -1.77. The van der Waals surface area contributed by atoms with Crippen LogP contribution < -0.4 is 5.73 Å². The van der Waals surface area contributed by atoms with Gasteiger partial charge in [0.15, 0.2) is 0 Å². The number of allylic oxidation sites excluding steroid dienone is 3. The smallest absolute Gasteiger partial charge is 0.0705 e. The molecule has 3 heteroatoms. The summed E-state index contributed by atoms with van der Waals surface area (Å²) in [6.45, 7) is 11.1. The van der Waals surface area contributed by atoms with Gasteiger partial charge < -0.3 is 10.6 Å². The van der Waals surface area contributed by atoms with Gasteiger partial charge in [-0.25, -0.2) is 0 Å². The van der Waals surface area contributed by atoms with Crippen molar-refractivity contribution in [3.05, 3.63) is 53.1 Å². The van der Waals surface area contributed by atoms with Gasteiger partial charge in [-0.3, -0.25) is 4.98 Å². The lowest BCUT2D eigenvalue weighted by Crippen LogP contribution is -2.40. The molecule has 1 aliphatic rings. The van der Waals surface area contributed by atoms with E-state index in [1.54, 1.807) is 0 Å². The molecule has 0 amide bonds. The van der Waals surface area contributed by atoms with Crippen LogP contribution in [0.2, 0.25) is 0 Å². The van der Waals surface area contributed by atoms with Gasteiger partial charge in [-0.1, -0.05) is 39.8 Å². The molecule has 22 heavy (non-hydrogen) atoms. The number of aromatic nitrogens is 1. The highest BCUT2D eigenvalue weighted by molar-refractivity contribution is 5.39. The van der Waals surface area contributed by atoms with Crippen molar-refractivity contribution in [2.45, 2.75) is 47.1 Å². The molecule has 1 heterocycles. The second-order valence-corrected chi connectivity index (χ2v) is 6.91. The van der Waals surface area contributed by atoms with Crippen LogP contribution in [-0.2, 0) is 0 Å². The highest BCUT2D eigenvalue weighted by Crippen LogP contribution is 2.45. The number of nitrogens with two attached hydrogens (primary N) is 1. The fourth-order valence-corrected chi connectivity index (χ4v) is 3.48. The molecule has 120 valence electrons. The van der Waals surface area contributed by atoms with Crippen LogP contribution in [0.5, 0.6) is 0 Å². The second kappa shape index (κ2) is 6.15. The van der Waals surface area contributed by atoms with Gasteiger partial charge in [0.2, 0.25) is 0 Å². The third-order valence-electron chi connectivity index (χ3n) is 5.16. The van der Waals surface area contributed by atoms with Crippen molar-refractivity contribution < 1.29 is 0 Å². The molecule has 2 N–H and O–H groups in total. The molecule has 2 unspecified atom stereocenters. The molecule has 0 aromatic carbocycles. The van der Waals surface area contributed by atoms with Gasteiger partial charge >= 0.3 is 0 Å². The van der Waals surface area contributed by atoms with E-state index in [9.17, 15) is 0 Å². The van der Waals surface area contributed by atoms with Crippen molar-refractivity contribution in [2.75, 3.05) is 7.05 Å². The molecule has 1 aromatic heterocycles. The number of pyridine rings is 1. The van der Waals surface area contributed by atoms with E-state index in [-0.39, 0.29) is 11.5 Å². The van der Waals surface area contributed by atoms with Crippen LogP contribution in [0.15, 0.2) is 47.4 Å². The zero-order valence-electron chi connectivity index (χ0n) is 14.7. The molecule has 1 aromatic rings. The summed E-state index contributed by atoms with van der Waals surface area (Å²) in [4.78, 5) is 6.89. The van der Waals surface area contributed by atoms with E-state index in [4.69, 9.17) is 5.73 Å². The molecule has 1 aliphatic carbocycles. The van der Waals surface area contributed by atoms with E-state index in [2.05, 4.69) is 69.8 Å². The van der Waals surface area contributed by atoms with Gasteiger partial charge in [0.25, 0.3) is 0 Å². The molecule has 0 saturated heterocycles. The largest absolute Gasteiger partial charge is 0.397 e. The predicted molar refractivity (Wildman–Crippen MR) is 92.9 cm³/mol. The van der Waals surface area contributed by atoms with E-state index in [1.807, 2.05) is 12.3 Å². The predicted octanol–water partition coefficient (Wildman–Crippen LogP) is 4.26. The van der Waals surface area contributed by atoms with Crippen LogP contribution in [0, 0.1) is 11.3 Å². The standard InChI is InChI=1S/C19H29N3/c1-7-16(15-10-8-9-11-21-15)22(6)18-17(20)13(2)12-14(3)19(18,4)5/h8-12,14,16H,7,20H2,1-6H3. The summed E-state index contributed by atoms with van der Waals surface area (Å²) in [5.74, 6) is 0.457. The topological polar surface area (TPSA) is 42.2 Å². The summed E-state index contributed by atoms with van der Waals surface area (Å²) in [6.07, 6.45) is 5.15. The number of hydrogen-bond acceptors (Lipinski definition) is 3. The van der Waals surface area contributed by atoms with Crippen LogP contribution in [-0.4, -0.2) is 16.9 Å². The summed E-state index contributed by atoms with van der Waals surface area (Å²) in [7, 11) is 2.15. The average Bonchev–Trinajstić information content (AvgIpc) is 2.47. The quantitative estimate of drug-likeness (QED) is 0.903. The van der Waals surface area contributed by atoms with Crippen LogP contribution in [0.25, 0.3) is 0 Å². The highest BCUT2D eigenvalue weighted by Gasteiger charge is 2.38. The molecule has 0 bridgehead atoms. The van der Waals surface area contributed by atoms with Crippen LogP contribution >= 0.6 is 0 Å². The molecule has 0 radical (unpaired) electrons. The monoisotopic (exact) mass is 299 g/mol. The lowest BCUT2D eigenvalue weighted by atomic mass is 9.71. The fourth-order valence-electron chi connectivity index (χ4n) is 3.48. The van der Waals surface area contributed by atoms with E-state index in [0.29, 0.717) is 5.92 Å². The number of rotatable bonds is 4. The van der Waals surface area contributed by atoms with Crippen molar-refractivity contribution in [1.82, 2.24) is 9.88 Å². The molecule has 3 nitrogen and oxygen atoms in total. The Labute approximate surface area is 134 Å². The van der Waals surface area contributed by atoms with Crippen molar-refractivity contribution in [3.8, 4) is 0 Å². The van der Waals surface area contributed by atoms with Gasteiger partial charge in [-0.05, 0) is 37.0 Å². The van der Waals surface area contributed by atoms with E-state index < -0.39 is 0 Å². The van der Waals surface area contributed by atoms with Crippen molar-refractivity contribution in [2.24, 2.45) is 17.1 Å². The molecule has 0 saturated carbocycles. The van der Waals surface area contributed by atoms with Crippen molar-refractivity contribution in [1.29, 1.82) is 0 Å². The SMILES string of the molecule is CCC(c1ccccn1)N(C)C1=C(N)C(C)=CC(C)C1(C)C. The maximum atomic E-state index is 6.48. The van der Waals surface area contributed by atoms with Gasteiger partial charge in [-0.15, -0.1) is 0 Å². The van der Waals surface area contributed by atoms with Gasteiger partial charge in [0, 0.05) is 24.4 Å². The van der Waals surface area contributed by atoms with Crippen molar-refractivity contribution >= 4 is 0 Å². The zero-order chi connectivity index (χ0) is 16.5. The highest BCUT2D eigenvalue weighted by atomic mass is 15.2. The lowest BCUT2D eigenvalue weighted by molar-refractivity contribution is 0.188. The Balaban J connectivity index is 2.47. The first-order chi connectivity index (χ1) is 10.3. The first kappa shape index (κ1) is 16.6. The summed E-state index contributed by atoms with van der Waals surface area (Å²) < 4.78 is 0. The Morgan fingerprint density at radius 1 is 1.36 bits per heavy atom. The zero-order valence-corrected chi connectivity index (χ0v) is 14.7. The first-order valence-electron chi connectivity index (χ1n) is 8.13.